The lowest BCUT2D eigenvalue weighted by atomic mass is 10.1. The number of ether oxygens (including phenoxy) is 2. The van der Waals surface area contributed by atoms with Crippen LogP contribution in [-0.4, -0.2) is 47.1 Å². The second-order valence-corrected chi connectivity index (χ2v) is 5.23. The van der Waals surface area contributed by atoms with E-state index in [1.54, 1.807) is 14.2 Å². The Hall–Kier alpha value is -0.810. The molecule has 0 heterocycles. The Morgan fingerprint density at radius 2 is 2.05 bits per heavy atom. The molecule has 0 saturated heterocycles. The average Bonchev–Trinajstić information content (AvgIpc) is 2.42. The molecule has 1 atom stereocenters. The maximum Gasteiger partial charge on any atom is 0.0663 e. The molecule has 1 aromatic rings. The maximum atomic E-state index is 6.17. The topological polar surface area (TPSA) is 33.7 Å². The molecule has 0 aliphatic carbocycles. The first-order chi connectivity index (χ1) is 9.63. The van der Waals surface area contributed by atoms with Gasteiger partial charge in [-0.25, -0.2) is 0 Å². The second-order valence-electron chi connectivity index (χ2n) is 4.79. The number of halogens is 1. The molecule has 0 aliphatic rings. The zero-order chi connectivity index (χ0) is 15.0. The summed E-state index contributed by atoms with van der Waals surface area (Å²) in [4.78, 5) is 2.28. The number of benzene rings is 1. The van der Waals surface area contributed by atoms with E-state index in [1.165, 1.54) is 5.56 Å². The highest BCUT2D eigenvalue weighted by atomic mass is 35.5. The third-order valence-electron chi connectivity index (χ3n) is 3.20. The summed E-state index contributed by atoms with van der Waals surface area (Å²) in [5.41, 5.74) is 2.35. The fourth-order valence-corrected chi connectivity index (χ4v) is 2.41. The molecule has 0 radical (unpaired) electrons. The smallest absolute Gasteiger partial charge is 0.0663 e. The van der Waals surface area contributed by atoms with Crippen molar-refractivity contribution in [1.29, 1.82) is 0 Å². The SMILES string of the molecule is CNCc1ccc(Cl)cc1N(CCOC)C(C)COC. The van der Waals surface area contributed by atoms with E-state index in [-0.39, 0.29) is 6.04 Å². The van der Waals surface area contributed by atoms with E-state index >= 15 is 0 Å². The number of nitrogens with zero attached hydrogens (tertiary/aromatic N) is 1. The summed E-state index contributed by atoms with van der Waals surface area (Å²) in [6.07, 6.45) is 0. The first-order valence-corrected chi connectivity index (χ1v) is 7.19. The van der Waals surface area contributed by atoms with Gasteiger partial charge in [-0.1, -0.05) is 17.7 Å². The number of hydrogen-bond donors (Lipinski definition) is 1. The molecule has 20 heavy (non-hydrogen) atoms. The first kappa shape index (κ1) is 17.2. The molecule has 1 N–H and O–H groups in total. The zero-order valence-corrected chi connectivity index (χ0v) is 13.5. The van der Waals surface area contributed by atoms with Crippen LogP contribution in [0.15, 0.2) is 18.2 Å². The predicted octanol–water partition coefficient (Wildman–Crippen LogP) is 2.55. The predicted molar refractivity (Wildman–Crippen MR) is 84.8 cm³/mol. The quantitative estimate of drug-likeness (QED) is 0.760. The lowest BCUT2D eigenvalue weighted by Crippen LogP contribution is -2.39. The molecule has 1 rings (SSSR count). The highest BCUT2D eigenvalue weighted by Gasteiger charge is 2.17. The van der Waals surface area contributed by atoms with Gasteiger partial charge in [0.2, 0.25) is 0 Å². The van der Waals surface area contributed by atoms with Gasteiger partial charge in [0.1, 0.15) is 0 Å². The fourth-order valence-electron chi connectivity index (χ4n) is 2.24. The number of anilines is 1. The van der Waals surface area contributed by atoms with Crippen LogP contribution in [0.5, 0.6) is 0 Å². The minimum Gasteiger partial charge on any atom is -0.383 e. The molecule has 5 heteroatoms. The van der Waals surface area contributed by atoms with E-state index in [9.17, 15) is 0 Å². The van der Waals surface area contributed by atoms with Gasteiger partial charge in [0.05, 0.1) is 13.2 Å². The van der Waals surface area contributed by atoms with Gasteiger partial charge in [-0.3, -0.25) is 0 Å². The van der Waals surface area contributed by atoms with E-state index in [0.717, 1.165) is 23.8 Å². The van der Waals surface area contributed by atoms with Crippen LogP contribution in [0.3, 0.4) is 0 Å². The monoisotopic (exact) mass is 300 g/mol. The van der Waals surface area contributed by atoms with Crippen molar-refractivity contribution in [2.24, 2.45) is 0 Å². The molecule has 0 amide bonds. The van der Waals surface area contributed by atoms with Crippen LogP contribution in [0.25, 0.3) is 0 Å². The summed E-state index contributed by atoms with van der Waals surface area (Å²) in [5.74, 6) is 0. The van der Waals surface area contributed by atoms with Gasteiger partial charge in [-0.2, -0.15) is 0 Å². The Bertz CT molecular complexity index is 401. The van der Waals surface area contributed by atoms with Crippen molar-refractivity contribution in [2.45, 2.75) is 19.5 Å². The lowest BCUT2D eigenvalue weighted by molar-refractivity contribution is 0.171. The molecule has 0 spiro atoms. The molecular weight excluding hydrogens is 276 g/mol. The summed E-state index contributed by atoms with van der Waals surface area (Å²) in [7, 11) is 5.37. The Morgan fingerprint density at radius 3 is 2.65 bits per heavy atom. The van der Waals surface area contributed by atoms with E-state index in [1.807, 2.05) is 19.2 Å². The van der Waals surface area contributed by atoms with Crippen molar-refractivity contribution >= 4 is 17.3 Å². The minimum atomic E-state index is 0.254. The van der Waals surface area contributed by atoms with Gasteiger partial charge in [-0.15, -0.1) is 0 Å². The van der Waals surface area contributed by atoms with Crippen LogP contribution >= 0.6 is 11.6 Å². The molecule has 0 aliphatic heterocycles. The molecule has 4 nitrogen and oxygen atoms in total. The van der Waals surface area contributed by atoms with Crippen molar-refractivity contribution < 1.29 is 9.47 Å². The minimum absolute atomic E-state index is 0.254. The molecule has 0 bridgehead atoms. The van der Waals surface area contributed by atoms with Crippen LogP contribution in [-0.2, 0) is 16.0 Å². The van der Waals surface area contributed by atoms with Gasteiger partial charge < -0.3 is 19.7 Å². The van der Waals surface area contributed by atoms with Crippen molar-refractivity contribution in [2.75, 3.05) is 45.9 Å². The van der Waals surface area contributed by atoms with Crippen LogP contribution in [0.4, 0.5) is 5.69 Å². The van der Waals surface area contributed by atoms with Crippen LogP contribution in [0, 0.1) is 0 Å². The Morgan fingerprint density at radius 1 is 1.30 bits per heavy atom. The molecule has 1 aromatic carbocycles. The highest BCUT2D eigenvalue weighted by molar-refractivity contribution is 6.30. The van der Waals surface area contributed by atoms with E-state index in [2.05, 4.69) is 23.2 Å². The van der Waals surface area contributed by atoms with Crippen molar-refractivity contribution in [3.63, 3.8) is 0 Å². The van der Waals surface area contributed by atoms with Gasteiger partial charge in [0, 0.05) is 44.1 Å². The highest BCUT2D eigenvalue weighted by Crippen LogP contribution is 2.26. The standard InChI is InChI=1S/C15H25ClN2O2/c1-12(11-20-4)18(7-8-19-3)15-9-14(16)6-5-13(15)10-17-2/h5-6,9,12,17H,7-8,10-11H2,1-4H3. The second kappa shape index (κ2) is 9.19. The Kier molecular flexibility index (Phi) is 7.92. The first-order valence-electron chi connectivity index (χ1n) is 6.81. The van der Waals surface area contributed by atoms with E-state index < -0.39 is 0 Å². The lowest BCUT2D eigenvalue weighted by Gasteiger charge is -2.32. The molecule has 114 valence electrons. The average molecular weight is 301 g/mol. The van der Waals surface area contributed by atoms with Gasteiger partial charge in [0.25, 0.3) is 0 Å². The van der Waals surface area contributed by atoms with Crippen LogP contribution in [0.1, 0.15) is 12.5 Å². The number of methoxy groups -OCH3 is 2. The molecule has 0 saturated carbocycles. The molecule has 0 aromatic heterocycles. The summed E-state index contributed by atoms with van der Waals surface area (Å²) >= 11 is 6.17. The summed E-state index contributed by atoms with van der Waals surface area (Å²) < 4.78 is 10.5. The molecule has 0 fully saturated rings. The number of rotatable bonds is 9. The zero-order valence-electron chi connectivity index (χ0n) is 12.8. The normalized spacial score (nSPS) is 12.4. The van der Waals surface area contributed by atoms with Crippen molar-refractivity contribution in [3.05, 3.63) is 28.8 Å². The van der Waals surface area contributed by atoms with Gasteiger partial charge in [0.15, 0.2) is 0 Å². The number of nitrogens with one attached hydrogen (secondary N) is 1. The summed E-state index contributed by atoms with van der Waals surface area (Å²) in [6, 6.07) is 6.25. The van der Waals surface area contributed by atoms with Crippen LogP contribution < -0.4 is 10.2 Å². The Balaban J connectivity index is 3.06. The van der Waals surface area contributed by atoms with E-state index in [4.69, 9.17) is 21.1 Å². The van der Waals surface area contributed by atoms with Crippen molar-refractivity contribution in [3.8, 4) is 0 Å². The van der Waals surface area contributed by atoms with Gasteiger partial charge >= 0.3 is 0 Å². The fraction of sp³-hybridized carbons (Fsp3) is 0.600. The maximum absolute atomic E-state index is 6.17. The molecule has 1 unspecified atom stereocenters. The Labute approximate surface area is 127 Å². The summed E-state index contributed by atoms with van der Waals surface area (Å²) in [5, 5.41) is 3.94. The number of hydrogen-bond acceptors (Lipinski definition) is 4. The van der Waals surface area contributed by atoms with Crippen molar-refractivity contribution in [1.82, 2.24) is 5.32 Å². The van der Waals surface area contributed by atoms with Gasteiger partial charge in [-0.05, 0) is 31.7 Å². The largest absolute Gasteiger partial charge is 0.383 e. The third-order valence-corrected chi connectivity index (χ3v) is 3.44. The van der Waals surface area contributed by atoms with E-state index in [0.29, 0.717) is 13.2 Å². The third kappa shape index (κ3) is 4.94. The molecular formula is C15H25ClN2O2. The van der Waals surface area contributed by atoms with Crippen LogP contribution in [0.2, 0.25) is 5.02 Å². The summed E-state index contributed by atoms with van der Waals surface area (Å²) in [6.45, 7) is 5.08.